The van der Waals surface area contributed by atoms with Crippen LogP contribution < -0.4 is 0 Å². The van der Waals surface area contributed by atoms with Crippen LogP contribution in [0.1, 0.15) is 13.0 Å². The highest BCUT2D eigenvalue weighted by molar-refractivity contribution is 14.1. The van der Waals surface area contributed by atoms with Gasteiger partial charge in [-0.15, -0.1) is 0 Å². The van der Waals surface area contributed by atoms with Gasteiger partial charge in [-0.05, 0) is 29.5 Å². The van der Waals surface area contributed by atoms with Crippen molar-refractivity contribution in [1.82, 2.24) is 14.7 Å². The molecule has 0 radical (unpaired) electrons. The summed E-state index contributed by atoms with van der Waals surface area (Å²) in [6.07, 6.45) is 3.63. The predicted molar refractivity (Wildman–Crippen MR) is 67.1 cm³/mol. The summed E-state index contributed by atoms with van der Waals surface area (Å²) in [6, 6.07) is -0.235. The van der Waals surface area contributed by atoms with Crippen molar-refractivity contribution in [2.24, 2.45) is 0 Å². The SMILES string of the molecule is CC(C(=O)N1CCOCC1)n1cc(I)cn1. The normalized spacial score (nSPS) is 18.5. The van der Waals surface area contributed by atoms with Crippen LogP contribution in [0, 0.1) is 3.57 Å². The van der Waals surface area contributed by atoms with Crippen LogP contribution in [-0.4, -0.2) is 46.9 Å². The van der Waals surface area contributed by atoms with Crippen LogP contribution in [0.3, 0.4) is 0 Å². The Hall–Kier alpha value is -0.630. The van der Waals surface area contributed by atoms with Gasteiger partial charge in [0.05, 0.1) is 23.0 Å². The van der Waals surface area contributed by atoms with Crippen LogP contribution in [0.25, 0.3) is 0 Å². The van der Waals surface area contributed by atoms with Crippen molar-refractivity contribution in [2.75, 3.05) is 26.3 Å². The van der Waals surface area contributed by atoms with Crippen molar-refractivity contribution in [3.8, 4) is 0 Å². The maximum absolute atomic E-state index is 12.1. The molecule has 1 aromatic heterocycles. The molecule has 5 nitrogen and oxygen atoms in total. The molecule has 0 bridgehead atoms. The average Bonchev–Trinajstić information content (AvgIpc) is 2.75. The Morgan fingerprint density at radius 1 is 1.56 bits per heavy atom. The molecule has 0 saturated carbocycles. The molecule has 1 atom stereocenters. The molecule has 2 heterocycles. The molecule has 1 saturated heterocycles. The minimum absolute atomic E-state index is 0.114. The second-order valence-corrected chi connectivity index (χ2v) is 5.00. The monoisotopic (exact) mass is 335 g/mol. The predicted octanol–water partition coefficient (Wildman–Crippen LogP) is 0.907. The number of carbonyl (C=O) groups is 1. The molecule has 1 aliphatic heterocycles. The van der Waals surface area contributed by atoms with Crippen molar-refractivity contribution in [1.29, 1.82) is 0 Å². The molecule has 1 aliphatic rings. The first-order valence-electron chi connectivity index (χ1n) is 5.24. The molecule has 1 amide bonds. The van der Waals surface area contributed by atoms with E-state index in [4.69, 9.17) is 4.74 Å². The third-order valence-corrected chi connectivity index (χ3v) is 3.20. The number of hydrogen-bond donors (Lipinski definition) is 0. The molecule has 6 heteroatoms. The van der Waals surface area contributed by atoms with Gasteiger partial charge in [0.2, 0.25) is 5.91 Å². The van der Waals surface area contributed by atoms with Gasteiger partial charge in [-0.1, -0.05) is 0 Å². The second kappa shape index (κ2) is 5.13. The number of ether oxygens (including phenoxy) is 1. The lowest BCUT2D eigenvalue weighted by atomic mass is 10.2. The van der Waals surface area contributed by atoms with Crippen molar-refractivity contribution in [3.05, 3.63) is 16.0 Å². The molecular weight excluding hydrogens is 321 g/mol. The first-order chi connectivity index (χ1) is 7.68. The summed E-state index contributed by atoms with van der Waals surface area (Å²) < 4.78 is 7.97. The van der Waals surface area contributed by atoms with Crippen LogP contribution in [0.4, 0.5) is 0 Å². The van der Waals surface area contributed by atoms with E-state index in [9.17, 15) is 4.79 Å². The maximum Gasteiger partial charge on any atom is 0.247 e. The Balaban J connectivity index is 2.03. The fraction of sp³-hybridized carbons (Fsp3) is 0.600. The minimum atomic E-state index is -0.235. The third kappa shape index (κ3) is 2.54. The fourth-order valence-corrected chi connectivity index (χ4v) is 2.10. The molecular formula is C10H14IN3O2. The van der Waals surface area contributed by atoms with E-state index in [2.05, 4.69) is 27.7 Å². The summed E-state index contributed by atoms with van der Waals surface area (Å²) in [7, 11) is 0. The first-order valence-corrected chi connectivity index (χ1v) is 6.32. The van der Waals surface area contributed by atoms with E-state index in [0.717, 1.165) is 3.57 Å². The molecule has 0 aromatic carbocycles. The highest BCUT2D eigenvalue weighted by Gasteiger charge is 2.23. The van der Waals surface area contributed by atoms with Crippen LogP contribution in [-0.2, 0) is 9.53 Å². The number of morpholine rings is 1. The van der Waals surface area contributed by atoms with Gasteiger partial charge in [-0.25, -0.2) is 0 Å². The van der Waals surface area contributed by atoms with Crippen LogP contribution >= 0.6 is 22.6 Å². The zero-order valence-corrected chi connectivity index (χ0v) is 11.3. The van der Waals surface area contributed by atoms with Crippen molar-refractivity contribution in [2.45, 2.75) is 13.0 Å². The third-order valence-electron chi connectivity index (χ3n) is 2.65. The van der Waals surface area contributed by atoms with Crippen LogP contribution in [0.15, 0.2) is 12.4 Å². The first kappa shape index (κ1) is 11.8. The van der Waals surface area contributed by atoms with Crippen molar-refractivity contribution < 1.29 is 9.53 Å². The molecule has 16 heavy (non-hydrogen) atoms. The molecule has 0 aliphatic carbocycles. The number of carbonyl (C=O) groups excluding carboxylic acids is 1. The van der Waals surface area contributed by atoms with Gasteiger partial charge in [0.25, 0.3) is 0 Å². The fourth-order valence-electron chi connectivity index (χ4n) is 1.69. The van der Waals surface area contributed by atoms with Gasteiger partial charge >= 0.3 is 0 Å². The Morgan fingerprint density at radius 2 is 2.25 bits per heavy atom. The molecule has 88 valence electrons. The number of hydrogen-bond acceptors (Lipinski definition) is 3. The van der Waals surface area contributed by atoms with Crippen LogP contribution in [0.2, 0.25) is 0 Å². The Labute approximate surface area is 108 Å². The molecule has 2 rings (SSSR count). The highest BCUT2D eigenvalue weighted by Crippen LogP contribution is 2.12. The van der Waals surface area contributed by atoms with E-state index in [1.807, 2.05) is 18.0 Å². The summed E-state index contributed by atoms with van der Waals surface area (Å²) in [4.78, 5) is 14.0. The Bertz CT molecular complexity index is 374. The van der Waals surface area contributed by atoms with E-state index in [1.54, 1.807) is 10.9 Å². The molecule has 0 spiro atoms. The summed E-state index contributed by atoms with van der Waals surface area (Å²) in [5.41, 5.74) is 0. The summed E-state index contributed by atoms with van der Waals surface area (Å²) in [5, 5.41) is 4.16. The Morgan fingerprint density at radius 3 is 2.81 bits per heavy atom. The quantitative estimate of drug-likeness (QED) is 0.755. The van der Waals surface area contributed by atoms with Gasteiger partial charge in [0.1, 0.15) is 6.04 Å². The smallest absolute Gasteiger partial charge is 0.247 e. The second-order valence-electron chi connectivity index (χ2n) is 3.75. The Kier molecular flexibility index (Phi) is 3.80. The number of halogens is 1. The summed E-state index contributed by atoms with van der Waals surface area (Å²) in [5.74, 6) is 0.114. The number of nitrogens with zero attached hydrogens (tertiary/aromatic N) is 3. The van der Waals surface area contributed by atoms with E-state index < -0.39 is 0 Å². The van der Waals surface area contributed by atoms with Gasteiger partial charge in [-0.3, -0.25) is 9.48 Å². The molecule has 1 unspecified atom stereocenters. The summed E-state index contributed by atoms with van der Waals surface area (Å²) >= 11 is 2.18. The average molecular weight is 335 g/mol. The van der Waals surface area contributed by atoms with Gasteiger partial charge in [-0.2, -0.15) is 5.10 Å². The van der Waals surface area contributed by atoms with Crippen LogP contribution in [0.5, 0.6) is 0 Å². The number of aromatic nitrogens is 2. The highest BCUT2D eigenvalue weighted by atomic mass is 127. The van der Waals surface area contributed by atoms with E-state index in [1.165, 1.54) is 0 Å². The zero-order chi connectivity index (χ0) is 11.5. The molecule has 1 fully saturated rings. The topological polar surface area (TPSA) is 47.4 Å². The molecule has 1 aromatic rings. The van der Waals surface area contributed by atoms with Gasteiger partial charge in [0, 0.05) is 19.3 Å². The summed E-state index contributed by atoms with van der Waals surface area (Å²) in [6.45, 7) is 4.51. The maximum atomic E-state index is 12.1. The van der Waals surface area contributed by atoms with Gasteiger partial charge in [0.15, 0.2) is 0 Å². The van der Waals surface area contributed by atoms with E-state index in [-0.39, 0.29) is 11.9 Å². The lowest BCUT2D eigenvalue weighted by Gasteiger charge is -2.29. The minimum Gasteiger partial charge on any atom is -0.378 e. The number of rotatable bonds is 2. The zero-order valence-electron chi connectivity index (χ0n) is 9.10. The van der Waals surface area contributed by atoms with E-state index >= 15 is 0 Å². The van der Waals surface area contributed by atoms with Crippen molar-refractivity contribution >= 4 is 28.5 Å². The lowest BCUT2D eigenvalue weighted by molar-refractivity contribution is -0.138. The van der Waals surface area contributed by atoms with E-state index in [0.29, 0.717) is 26.3 Å². The van der Waals surface area contributed by atoms with Crippen molar-refractivity contribution in [3.63, 3.8) is 0 Å². The lowest BCUT2D eigenvalue weighted by Crippen LogP contribution is -2.43. The van der Waals surface area contributed by atoms with Gasteiger partial charge < -0.3 is 9.64 Å². The molecule has 0 N–H and O–H groups in total. The largest absolute Gasteiger partial charge is 0.378 e. The number of amides is 1. The standard InChI is InChI=1S/C10H14IN3O2/c1-8(14-7-9(11)6-12-14)10(15)13-2-4-16-5-3-13/h6-8H,2-5H2,1H3.